The van der Waals surface area contributed by atoms with Crippen LogP contribution in [0.3, 0.4) is 0 Å². The van der Waals surface area contributed by atoms with Crippen LogP contribution >= 0.6 is 11.5 Å². The summed E-state index contributed by atoms with van der Waals surface area (Å²) >= 11 is 1.53. The van der Waals surface area contributed by atoms with Crippen LogP contribution in [0.25, 0.3) is 0 Å². The predicted molar refractivity (Wildman–Crippen MR) is 84.5 cm³/mol. The van der Waals surface area contributed by atoms with E-state index in [1.807, 2.05) is 19.1 Å². The first-order valence-electron chi connectivity index (χ1n) is 7.79. The molecule has 4 rings (SSSR count). The van der Waals surface area contributed by atoms with Crippen LogP contribution in [0.15, 0.2) is 12.1 Å². The van der Waals surface area contributed by atoms with Gasteiger partial charge in [0.15, 0.2) is 0 Å². The molecule has 1 saturated carbocycles. The molecule has 2 aliphatic rings. The summed E-state index contributed by atoms with van der Waals surface area (Å²) in [6, 6.07) is 3.80. The predicted octanol–water partition coefficient (Wildman–Crippen LogP) is 2.42. The zero-order chi connectivity index (χ0) is 14.9. The number of aryl methyl sites for hydroxylation is 1. The first-order chi connectivity index (χ1) is 10.8. The maximum Gasteiger partial charge on any atom is 0.233 e. The second-order valence-electron chi connectivity index (χ2n) is 6.13. The van der Waals surface area contributed by atoms with Crippen molar-refractivity contribution in [2.75, 3.05) is 24.6 Å². The lowest BCUT2D eigenvalue weighted by Crippen LogP contribution is -2.21. The van der Waals surface area contributed by atoms with Crippen molar-refractivity contribution >= 4 is 16.7 Å². The van der Waals surface area contributed by atoms with Gasteiger partial charge in [-0.25, -0.2) is 4.98 Å². The van der Waals surface area contributed by atoms with Gasteiger partial charge in [-0.1, -0.05) is 0 Å². The van der Waals surface area contributed by atoms with Crippen molar-refractivity contribution in [1.29, 1.82) is 0 Å². The van der Waals surface area contributed by atoms with Gasteiger partial charge in [-0.15, -0.1) is 5.10 Å². The van der Waals surface area contributed by atoms with Crippen molar-refractivity contribution in [2.45, 2.75) is 32.1 Å². The van der Waals surface area contributed by atoms with Gasteiger partial charge in [-0.2, -0.15) is 9.47 Å². The Morgan fingerprint density at radius 2 is 2.18 bits per heavy atom. The number of rotatable bonds is 5. The third-order valence-corrected chi connectivity index (χ3v) is 4.96. The van der Waals surface area contributed by atoms with Crippen LogP contribution in [0.1, 0.15) is 36.7 Å². The van der Waals surface area contributed by atoms with E-state index in [1.165, 1.54) is 24.4 Å². The second kappa shape index (κ2) is 5.79. The standard InChI is InChI=1S/C15H19N5OS/c1-10-2-5-13(18-17-10)21-9-11-6-7-20(8-11)15-16-14(19-22-15)12-3-4-12/h2,5,11-12H,3-4,6-9H2,1H3. The Labute approximate surface area is 133 Å². The van der Waals surface area contributed by atoms with E-state index in [4.69, 9.17) is 4.74 Å². The molecular formula is C15H19N5OS. The highest BCUT2D eigenvalue weighted by molar-refractivity contribution is 7.09. The lowest BCUT2D eigenvalue weighted by atomic mass is 10.1. The first-order valence-corrected chi connectivity index (χ1v) is 8.57. The smallest absolute Gasteiger partial charge is 0.233 e. The van der Waals surface area contributed by atoms with Crippen molar-refractivity contribution < 1.29 is 4.74 Å². The lowest BCUT2D eigenvalue weighted by Gasteiger charge is -2.14. The molecule has 1 unspecified atom stereocenters. The second-order valence-corrected chi connectivity index (χ2v) is 6.86. The number of hydrogen-bond donors (Lipinski definition) is 0. The van der Waals surface area contributed by atoms with E-state index >= 15 is 0 Å². The molecule has 3 heterocycles. The summed E-state index contributed by atoms with van der Waals surface area (Å²) < 4.78 is 10.2. The quantitative estimate of drug-likeness (QED) is 0.844. The SMILES string of the molecule is Cc1ccc(OCC2CCN(c3nc(C4CC4)ns3)C2)nn1. The number of nitrogens with zero attached hydrogens (tertiary/aromatic N) is 5. The minimum atomic E-state index is 0.511. The molecule has 0 N–H and O–H groups in total. The van der Waals surface area contributed by atoms with Gasteiger partial charge in [0.25, 0.3) is 0 Å². The molecule has 1 atom stereocenters. The van der Waals surface area contributed by atoms with E-state index in [0.717, 1.165) is 36.2 Å². The molecular weight excluding hydrogens is 298 g/mol. The Bertz CT molecular complexity index is 640. The van der Waals surface area contributed by atoms with Crippen LogP contribution < -0.4 is 9.64 Å². The molecule has 0 amide bonds. The lowest BCUT2D eigenvalue weighted by molar-refractivity contribution is 0.249. The average Bonchev–Trinajstić information content (AvgIpc) is 3.08. The summed E-state index contributed by atoms with van der Waals surface area (Å²) in [4.78, 5) is 7.02. The average molecular weight is 317 g/mol. The van der Waals surface area contributed by atoms with E-state index in [1.54, 1.807) is 0 Å². The molecule has 2 fully saturated rings. The maximum absolute atomic E-state index is 5.75. The number of hydrogen-bond acceptors (Lipinski definition) is 7. The van der Waals surface area contributed by atoms with E-state index in [-0.39, 0.29) is 0 Å². The van der Waals surface area contributed by atoms with Crippen molar-refractivity contribution in [2.24, 2.45) is 5.92 Å². The molecule has 0 spiro atoms. The fraction of sp³-hybridized carbons (Fsp3) is 0.600. The van der Waals surface area contributed by atoms with Gasteiger partial charge in [0.2, 0.25) is 11.0 Å². The molecule has 22 heavy (non-hydrogen) atoms. The van der Waals surface area contributed by atoms with Crippen LogP contribution in [-0.4, -0.2) is 39.3 Å². The van der Waals surface area contributed by atoms with Crippen molar-refractivity contribution in [3.05, 3.63) is 23.7 Å². The van der Waals surface area contributed by atoms with Gasteiger partial charge in [0.1, 0.15) is 5.82 Å². The normalized spacial score (nSPS) is 21.3. The first kappa shape index (κ1) is 13.9. The summed E-state index contributed by atoms with van der Waals surface area (Å²) in [6.45, 7) is 4.62. The molecule has 0 bridgehead atoms. The molecule has 116 valence electrons. The fourth-order valence-electron chi connectivity index (χ4n) is 2.67. The largest absolute Gasteiger partial charge is 0.476 e. The van der Waals surface area contributed by atoms with Crippen molar-refractivity contribution in [3.8, 4) is 5.88 Å². The Kier molecular flexibility index (Phi) is 3.65. The summed E-state index contributed by atoms with van der Waals surface area (Å²) in [5, 5.41) is 9.12. The zero-order valence-corrected chi connectivity index (χ0v) is 13.4. The zero-order valence-electron chi connectivity index (χ0n) is 12.6. The molecule has 1 saturated heterocycles. The van der Waals surface area contributed by atoms with Crippen LogP contribution in [0, 0.1) is 12.8 Å². The van der Waals surface area contributed by atoms with Gasteiger partial charge < -0.3 is 9.64 Å². The minimum Gasteiger partial charge on any atom is -0.476 e. The number of anilines is 1. The molecule has 7 heteroatoms. The van der Waals surface area contributed by atoms with Gasteiger partial charge in [0.05, 0.1) is 12.3 Å². The maximum atomic E-state index is 5.75. The number of ether oxygens (including phenoxy) is 1. The third kappa shape index (κ3) is 3.04. The third-order valence-electron chi connectivity index (χ3n) is 4.17. The molecule has 2 aromatic heterocycles. The fourth-order valence-corrected chi connectivity index (χ4v) is 3.45. The Morgan fingerprint density at radius 3 is 2.95 bits per heavy atom. The van der Waals surface area contributed by atoms with Gasteiger partial charge in [-0.3, -0.25) is 0 Å². The highest BCUT2D eigenvalue weighted by atomic mass is 32.1. The summed E-state index contributed by atoms with van der Waals surface area (Å²) in [6.07, 6.45) is 3.63. The molecule has 0 radical (unpaired) electrons. The summed E-state index contributed by atoms with van der Waals surface area (Å²) in [7, 11) is 0. The Morgan fingerprint density at radius 1 is 1.27 bits per heavy atom. The van der Waals surface area contributed by atoms with Gasteiger partial charge >= 0.3 is 0 Å². The van der Waals surface area contributed by atoms with Crippen molar-refractivity contribution in [3.63, 3.8) is 0 Å². The number of aromatic nitrogens is 4. The Hall–Kier alpha value is -1.76. The monoisotopic (exact) mass is 317 g/mol. The molecule has 1 aliphatic heterocycles. The summed E-state index contributed by atoms with van der Waals surface area (Å²) in [5.74, 6) is 2.80. The van der Waals surface area contributed by atoms with E-state index in [0.29, 0.717) is 24.3 Å². The molecule has 0 aromatic carbocycles. The topological polar surface area (TPSA) is 64.0 Å². The summed E-state index contributed by atoms with van der Waals surface area (Å²) in [5.41, 5.74) is 0.905. The molecule has 6 nitrogen and oxygen atoms in total. The van der Waals surface area contributed by atoms with Crippen LogP contribution in [0.5, 0.6) is 5.88 Å². The van der Waals surface area contributed by atoms with Gasteiger partial charge in [-0.05, 0) is 32.3 Å². The highest BCUT2D eigenvalue weighted by Gasteiger charge is 2.30. The van der Waals surface area contributed by atoms with Crippen LogP contribution in [0.2, 0.25) is 0 Å². The van der Waals surface area contributed by atoms with E-state index in [2.05, 4.69) is 24.5 Å². The minimum absolute atomic E-state index is 0.511. The van der Waals surface area contributed by atoms with Crippen molar-refractivity contribution in [1.82, 2.24) is 19.6 Å². The van der Waals surface area contributed by atoms with Crippen LogP contribution in [0.4, 0.5) is 5.13 Å². The van der Waals surface area contributed by atoms with Gasteiger partial charge in [0, 0.05) is 42.5 Å². The molecule has 2 aromatic rings. The highest BCUT2D eigenvalue weighted by Crippen LogP contribution is 2.40. The van der Waals surface area contributed by atoms with Crippen LogP contribution in [-0.2, 0) is 0 Å². The van der Waals surface area contributed by atoms with E-state index < -0.39 is 0 Å². The van der Waals surface area contributed by atoms with E-state index in [9.17, 15) is 0 Å². The molecule has 1 aliphatic carbocycles. The Balaban J connectivity index is 1.30.